The molecule has 0 aromatic carbocycles. The number of aromatic nitrogens is 4. The highest BCUT2D eigenvalue weighted by molar-refractivity contribution is 5.74. The fourth-order valence-electron chi connectivity index (χ4n) is 2.88. The Morgan fingerprint density at radius 1 is 1.28 bits per heavy atom. The second-order valence-corrected chi connectivity index (χ2v) is 4.89. The molecular formula is C13H15N5. The van der Waals surface area contributed by atoms with Gasteiger partial charge in [0, 0.05) is 30.6 Å². The van der Waals surface area contributed by atoms with Gasteiger partial charge in [0.2, 0.25) is 0 Å². The second kappa shape index (κ2) is 3.81. The first-order valence-corrected chi connectivity index (χ1v) is 6.43. The highest BCUT2D eigenvalue weighted by Gasteiger charge is 2.20. The lowest BCUT2D eigenvalue weighted by atomic mass is 9.96. The highest BCUT2D eigenvalue weighted by Crippen LogP contribution is 2.26. The zero-order chi connectivity index (χ0) is 11.9. The number of imidazole rings is 1. The van der Waals surface area contributed by atoms with Crippen molar-refractivity contribution < 1.29 is 0 Å². The van der Waals surface area contributed by atoms with Gasteiger partial charge in [-0.25, -0.2) is 9.97 Å². The Labute approximate surface area is 104 Å². The molecule has 1 aliphatic heterocycles. The van der Waals surface area contributed by atoms with Gasteiger partial charge in [0.1, 0.15) is 0 Å². The van der Waals surface area contributed by atoms with Crippen LogP contribution in [0.4, 0.5) is 0 Å². The molecule has 1 unspecified atom stereocenters. The molecule has 0 aliphatic carbocycles. The average Bonchev–Trinajstić information content (AvgIpc) is 3.05. The van der Waals surface area contributed by atoms with E-state index >= 15 is 0 Å². The van der Waals surface area contributed by atoms with Crippen molar-refractivity contribution in [2.45, 2.75) is 18.8 Å². The molecule has 1 saturated heterocycles. The quantitative estimate of drug-likeness (QED) is 0.681. The standard InChI is InChI=1S/C13H15N5/c1-2-9(6-14-4-1)11-7-16-12-8-17-13-10(18(11)12)3-5-15-13/h3,5,7-9,14-15H,1-2,4,6H2. The van der Waals surface area contributed by atoms with Crippen molar-refractivity contribution in [1.29, 1.82) is 0 Å². The molecule has 18 heavy (non-hydrogen) atoms. The van der Waals surface area contributed by atoms with Crippen molar-refractivity contribution in [2.24, 2.45) is 0 Å². The number of nitrogens with one attached hydrogen (secondary N) is 2. The van der Waals surface area contributed by atoms with E-state index in [-0.39, 0.29) is 0 Å². The summed E-state index contributed by atoms with van der Waals surface area (Å²) in [5, 5.41) is 3.47. The summed E-state index contributed by atoms with van der Waals surface area (Å²) in [6.07, 6.45) is 8.23. The van der Waals surface area contributed by atoms with Gasteiger partial charge in [0.05, 0.1) is 11.7 Å². The minimum atomic E-state index is 0.550. The van der Waals surface area contributed by atoms with Crippen LogP contribution < -0.4 is 5.32 Å². The fraction of sp³-hybridized carbons (Fsp3) is 0.385. The Hall–Kier alpha value is -1.88. The van der Waals surface area contributed by atoms with Gasteiger partial charge in [-0.05, 0) is 25.5 Å². The number of piperidine rings is 1. The number of H-pyrrole nitrogens is 1. The molecule has 0 spiro atoms. The first-order valence-electron chi connectivity index (χ1n) is 6.43. The summed E-state index contributed by atoms with van der Waals surface area (Å²) in [6.45, 7) is 2.18. The number of fused-ring (bicyclic) bond motifs is 3. The molecule has 2 N–H and O–H groups in total. The number of rotatable bonds is 1. The van der Waals surface area contributed by atoms with Gasteiger partial charge >= 0.3 is 0 Å². The normalized spacial score (nSPS) is 20.8. The molecule has 5 nitrogen and oxygen atoms in total. The van der Waals surface area contributed by atoms with Crippen LogP contribution in [0.3, 0.4) is 0 Å². The molecule has 0 bridgehead atoms. The first kappa shape index (κ1) is 10.1. The molecule has 1 atom stereocenters. The van der Waals surface area contributed by atoms with Gasteiger partial charge < -0.3 is 10.3 Å². The molecule has 0 amide bonds. The van der Waals surface area contributed by atoms with Crippen molar-refractivity contribution in [3.05, 3.63) is 30.4 Å². The van der Waals surface area contributed by atoms with Gasteiger partial charge in [0.15, 0.2) is 11.3 Å². The molecule has 4 heterocycles. The van der Waals surface area contributed by atoms with Crippen LogP contribution in [-0.2, 0) is 0 Å². The van der Waals surface area contributed by atoms with Gasteiger partial charge in [0.25, 0.3) is 0 Å². The Balaban J connectivity index is 1.96. The molecule has 3 aromatic heterocycles. The van der Waals surface area contributed by atoms with Crippen LogP contribution in [0.25, 0.3) is 16.8 Å². The van der Waals surface area contributed by atoms with E-state index in [1.165, 1.54) is 18.5 Å². The number of hydrogen-bond acceptors (Lipinski definition) is 3. The summed E-state index contributed by atoms with van der Waals surface area (Å²) in [6, 6.07) is 2.07. The average molecular weight is 241 g/mol. The highest BCUT2D eigenvalue weighted by atomic mass is 15.1. The molecule has 0 saturated carbocycles. The zero-order valence-corrected chi connectivity index (χ0v) is 10.1. The maximum absolute atomic E-state index is 4.48. The maximum Gasteiger partial charge on any atom is 0.156 e. The van der Waals surface area contributed by atoms with E-state index in [1.807, 2.05) is 18.6 Å². The summed E-state index contributed by atoms with van der Waals surface area (Å²) in [5.41, 5.74) is 4.27. The minimum Gasteiger partial charge on any atom is -0.345 e. The Kier molecular flexibility index (Phi) is 2.14. The monoisotopic (exact) mass is 241 g/mol. The topological polar surface area (TPSA) is 58.0 Å². The largest absolute Gasteiger partial charge is 0.345 e. The third-order valence-corrected chi connectivity index (χ3v) is 3.79. The van der Waals surface area contributed by atoms with Crippen LogP contribution >= 0.6 is 0 Å². The van der Waals surface area contributed by atoms with Crippen LogP contribution in [0.2, 0.25) is 0 Å². The second-order valence-electron chi connectivity index (χ2n) is 4.89. The molecule has 1 aliphatic rings. The van der Waals surface area contributed by atoms with E-state index in [9.17, 15) is 0 Å². The predicted molar refractivity (Wildman–Crippen MR) is 69.7 cm³/mol. The molecule has 4 rings (SSSR count). The van der Waals surface area contributed by atoms with E-state index in [4.69, 9.17) is 0 Å². The van der Waals surface area contributed by atoms with Gasteiger partial charge in [-0.15, -0.1) is 0 Å². The van der Waals surface area contributed by atoms with Crippen molar-refractivity contribution in [3.8, 4) is 0 Å². The van der Waals surface area contributed by atoms with Gasteiger partial charge in [-0.3, -0.25) is 4.40 Å². The molecule has 92 valence electrons. The predicted octanol–water partition coefficient (Wildman–Crippen LogP) is 1.68. The van der Waals surface area contributed by atoms with Crippen LogP contribution in [0, 0.1) is 0 Å². The van der Waals surface area contributed by atoms with Crippen molar-refractivity contribution >= 4 is 16.8 Å². The summed E-state index contributed by atoms with van der Waals surface area (Å²) in [7, 11) is 0. The van der Waals surface area contributed by atoms with E-state index in [1.54, 1.807) is 0 Å². The van der Waals surface area contributed by atoms with Crippen LogP contribution in [-0.4, -0.2) is 32.4 Å². The lowest BCUT2D eigenvalue weighted by Gasteiger charge is -2.22. The van der Waals surface area contributed by atoms with Gasteiger partial charge in [-0.2, -0.15) is 0 Å². The van der Waals surface area contributed by atoms with E-state index in [0.29, 0.717) is 5.92 Å². The van der Waals surface area contributed by atoms with Gasteiger partial charge in [-0.1, -0.05) is 0 Å². The zero-order valence-electron chi connectivity index (χ0n) is 10.1. The molecular weight excluding hydrogens is 226 g/mol. The third kappa shape index (κ3) is 1.37. The molecule has 3 aromatic rings. The molecule has 0 radical (unpaired) electrons. The molecule has 5 heteroatoms. The lowest BCUT2D eigenvalue weighted by molar-refractivity contribution is 0.454. The van der Waals surface area contributed by atoms with Crippen LogP contribution in [0.5, 0.6) is 0 Å². The smallest absolute Gasteiger partial charge is 0.156 e. The summed E-state index contributed by atoms with van der Waals surface area (Å²) >= 11 is 0. The number of nitrogens with zero attached hydrogens (tertiary/aromatic N) is 3. The lowest BCUT2D eigenvalue weighted by Crippen LogP contribution is -2.29. The minimum absolute atomic E-state index is 0.550. The summed E-state index contributed by atoms with van der Waals surface area (Å²) in [5.74, 6) is 0.550. The third-order valence-electron chi connectivity index (χ3n) is 3.79. The van der Waals surface area contributed by atoms with Crippen molar-refractivity contribution in [2.75, 3.05) is 13.1 Å². The van der Waals surface area contributed by atoms with Crippen LogP contribution in [0.1, 0.15) is 24.5 Å². The first-order chi connectivity index (χ1) is 8.93. The van der Waals surface area contributed by atoms with E-state index in [2.05, 4.69) is 30.7 Å². The number of hydrogen-bond donors (Lipinski definition) is 2. The van der Waals surface area contributed by atoms with Crippen molar-refractivity contribution in [1.82, 2.24) is 24.7 Å². The Morgan fingerprint density at radius 3 is 3.17 bits per heavy atom. The number of aromatic amines is 1. The summed E-state index contributed by atoms with van der Waals surface area (Å²) in [4.78, 5) is 12.0. The van der Waals surface area contributed by atoms with E-state index in [0.717, 1.165) is 29.9 Å². The summed E-state index contributed by atoms with van der Waals surface area (Å²) < 4.78 is 2.23. The maximum atomic E-state index is 4.48. The molecule has 1 fully saturated rings. The fourth-order valence-corrected chi connectivity index (χ4v) is 2.88. The Morgan fingerprint density at radius 2 is 2.28 bits per heavy atom. The van der Waals surface area contributed by atoms with Crippen molar-refractivity contribution in [3.63, 3.8) is 0 Å². The SMILES string of the molecule is c1cc2c(ncc3ncc(C4CCCNC4)n32)[nH]1. The van der Waals surface area contributed by atoms with E-state index < -0.39 is 0 Å². The Bertz CT molecular complexity index is 690. The van der Waals surface area contributed by atoms with Crippen LogP contribution in [0.15, 0.2) is 24.7 Å².